The van der Waals surface area contributed by atoms with Gasteiger partial charge >= 0.3 is 0 Å². The lowest BCUT2D eigenvalue weighted by Gasteiger charge is -2.18. The average Bonchev–Trinajstić information content (AvgIpc) is 2.61. The van der Waals surface area contributed by atoms with Crippen LogP contribution in [0.3, 0.4) is 0 Å². The normalized spacial score (nSPS) is 27.3. The summed E-state index contributed by atoms with van der Waals surface area (Å²) in [6.07, 6.45) is 5.91. The molecular formula is C8H15N. The monoisotopic (exact) mass is 125 g/mol. The molecule has 0 N–H and O–H groups in total. The first-order chi connectivity index (χ1) is 4.42. The van der Waals surface area contributed by atoms with Gasteiger partial charge in [-0.2, -0.15) is 0 Å². The van der Waals surface area contributed by atoms with Gasteiger partial charge in [-0.1, -0.05) is 6.92 Å². The van der Waals surface area contributed by atoms with Crippen LogP contribution in [0.25, 0.3) is 0 Å². The van der Waals surface area contributed by atoms with E-state index in [1.54, 1.807) is 0 Å². The largest absolute Gasteiger partial charge is 0.298 e. The SMILES string of the molecule is CCN(C1CC1)C1CC1. The Labute approximate surface area is 57.0 Å². The van der Waals surface area contributed by atoms with E-state index in [9.17, 15) is 0 Å². The molecule has 0 radical (unpaired) electrons. The van der Waals surface area contributed by atoms with Crippen molar-refractivity contribution in [3.05, 3.63) is 0 Å². The summed E-state index contributed by atoms with van der Waals surface area (Å²) >= 11 is 0. The Morgan fingerprint density at radius 1 is 1.11 bits per heavy atom. The van der Waals surface area contributed by atoms with Gasteiger partial charge in [0.25, 0.3) is 0 Å². The Morgan fingerprint density at radius 3 is 1.78 bits per heavy atom. The maximum atomic E-state index is 2.68. The van der Waals surface area contributed by atoms with Crippen molar-refractivity contribution in [1.82, 2.24) is 4.90 Å². The lowest BCUT2D eigenvalue weighted by atomic mass is 10.4. The van der Waals surface area contributed by atoms with E-state index in [1.165, 1.54) is 32.2 Å². The highest BCUT2D eigenvalue weighted by molar-refractivity contribution is 4.93. The van der Waals surface area contributed by atoms with E-state index in [1.807, 2.05) is 0 Å². The first kappa shape index (κ1) is 5.72. The van der Waals surface area contributed by atoms with Crippen LogP contribution in [0.4, 0.5) is 0 Å². The molecule has 0 unspecified atom stereocenters. The third-order valence-corrected chi connectivity index (χ3v) is 2.40. The maximum Gasteiger partial charge on any atom is 0.00992 e. The molecule has 0 spiro atoms. The van der Waals surface area contributed by atoms with E-state index in [-0.39, 0.29) is 0 Å². The van der Waals surface area contributed by atoms with Crippen LogP contribution in [0, 0.1) is 0 Å². The summed E-state index contributed by atoms with van der Waals surface area (Å²) in [4.78, 5) is 2.68. The van der Waals surface area contributed by atoms with Crippen molar-refractivity contribution in [3.63, 3.8) is 0 Å². The van der Waals surface area contributed by atoms with Gasteiger partial charge in [-0.3, -0.25) is 4.90 Å². The Morgan fingerprint density at radius 2 is 1.56 bits per heavy atom. The van der Waals surface area contributed by atoms with Crippen LogP contribution >= 0.6 is 0 Å². The fourth-order valence-electron chi connectivity index (χ4n) is 1.63. The van der Waals surface area contributed by atoms with Crippen molar-refractivity contribution in [3.8, 4) is 0 Å². The zero-order valence-electron chi connectivity index (χ0n) is 6.14. The molecule has 0 aromatic rings. The lowest BCUT2D eigenvalue weighted by Crippen LogP contribution is -2.27. The molecule has 0 bridgehead atoms. The molecule has 52 valence electrons. The molecular weight excluding hydrogens is 110 g/mol. The summed E-state index contributed by atoms with van der Waals surface area (Å²) in [5.74, 6) is 0. The fraction of sp³-hybridized carbons (Fsp3) is 1.00. The summed E-state index contributed by atoms with van der Waals surface area (Å²) in [6.45, 7) is 3.58. The van der Waals surface area contributed by atoms with Crippen molar-refractivity contribution in [1.29, 1.82) is 0 Å². The Hall–Kier alpha value is -0.0400. The molecule has 2 rings (SSSR count). The number of nitrogens with zero attached hydrogens (tertiary/aromatic N) is 1. The van der Waals surface area contributed by atoms with Gasteiger partial charge in [0, 0.05) is 12.1 Å². The molecule has 0 saturated heterocycles. The van der Waals surface area contributed by atoms with E-state index >= 15 is 0 Å². The minimum absolute atomic E-state index is 1.00. The predicted octanol–water partition coefficient (Wildman–Crippen LogP) is 1.63. The number of hydrogen-bond acceptors (Lipinski definition) is 1. The second-order valence-electron chi connectivity index (χ2n) is 3.29. The standard InChI is InChI=1S/C8H15N/c1-2-9(7-3-4-7)8-5-6-8/h7-8H,2-6H2,1H3. The van der Waals surface area contributed by atoms with E-state index in [0.717, 1.165) is 12.1 Å². The molecule has 0 aromatic carbocycles. The van der Waals surface area contributed by atoms with Crippen LogP contribution in [-0.4, -0.2) is 23.5 Å². The summed E-state index contributed by atoms with van der Waals surface area (Å²) in [5, 5.41) is 0. The third-order valence-electron chi connectivity index (χ3n) is 2.40. The van der Waals surface area contributed by atoms with E-state index in [2.05, 4.69) is 11.8 Å². The second-order valence-corrected chi connectivity index (χ2v) is 3.29. The molecule has 2 aliphatic rings. The van der Waals surface area contributed by atoms with Crippen molar-refractivity contribution in [2.45, 2.75) is 44.7 Å². The van der Waals surface area contributed by atoms with Gasteiger partial charge < -0.3 is 0 Å². The van der Waals surface area contributed by atoms with Gasteiger partial charge in [-0.15, -0.1) is 0 Å². The van der Waals surface area contributed by atoms with Crippen LogP contribution in [-0.2, 0) is 0 Å². The molecule has 9 heavy (non-hydrogen) atoms. The quantitative estimate of drug-likeness (QED) is 0.554. The van der Waals surface area contributed by atoms with Gasteiger partial charge in [-0.25, -0.2) is 0 Å². The highest BCUT2D eigenvalue weighted by Crippen LogP contribution is 2.36. The van der Waals surface area contributed by atoms with Gasteiger partial charge in [0.05, 0.1) is 0 Å². The van der Waals surface area contributed by atoms with Crippen LogP contribution in [0.15, 0.2) is 0 Å². The molecule has 0 amide bonds. The zero-order valence-corrected chi connectivity index (χ0v) is 6.14. The van der Waals surface area contributed by atoms with Crippen molar-refractivity contribution in [2.24, 2.45) is 0 Å². The first-order valence-corrected chi connectivity index (χ1v) is 4.17. The second kappa shape index (κ2) is 1.98. The first-order valence-electron chi connectivity index (χ1n) is 4.17. The van der Waals surface area contributed by atoms with E-state index < -0.39 is 0 Å². The molecule has 0 atom stereocenters. The van der Waals surface area contributed by atoms with E-state index in [0.29, 0.717) is 0 Å². The summed E-state index contributed by atoms with van der Waals surface area (Å²) < 4.78 is 0. The maximum absolute atomic E-state index is 2.68. The van der Waals surface area contributed by atoms with Crippen molar-refractivity contribution < 1.29 is 0 Å². The minimum atomic E-state index is 1.00. The van der Waals surface area contributed by atoms with Gasteiger partial charge in [-0.05, 0) is 32.2 Å². The molecule has 2 saturated carbocycles. The van der Waals surface area contributed by atoms with Crippen molar-refractivity contribution in [2.75, 3.05) is 6.54 Å². The highest BCUT2D eigenvalue weighted by atomic mass is 15.2. The minimum Gasteiger partial charge on any atom is -0.298 e. The molecule has 1 nitrogen and oxygen atoms in total. The van der Waals surface area contributed by atoms with Crippen molar-refractivity contribution >= 4 is 0 Å². The summed E-state index contributed by atoms with van der Waals surface area (Å²) in [5.41, 5.74) is 0. The molecule has 1 heteroatoms. The van der Waals surface area contributed by atoms with Crippen LogP contribution in [0.1, 0.15) is 32.6 Å². The van der Waals surface area contributed by atoms with Gasteiger partial charge in [0.15, 0.2) is 0 Å². The zero-order chi connectivity index (χ0) is 6.27. The highest BCUT2D eigenvalue weighted by Gasteiger charge is 2.37. The Kier molecular flexibility index (Phi) is 1.26. The molecule has 0 aliphatic heterocycles. The van der Waals surface area contributed by atoms with Gasteiger partial charge in [0.1, 0.15) is 0 Å². The summed E-state index contributed by atoms with van der Waals surface area (Å²) in [6, 6.07) is 2.00. The number of rotatable bonds is 3. The Bertz CT molecular complexity index is 91.1. The van der Waals surface area contributed by atoms with Crippen LogP contribution < -0.4 is 0 Å². The fourth-order valence-corrected chi connectivity index (χ4v) is 1.63. The third kappa shape index (κ3) is 1.11. The van der Waals surface area contributed by atoms with E-state index in [4.69, 9.17) is 0 Å². The lowest BCUT2D eigenvalue weighted by molar-refractivity contribution is 0.267. The molecule has 2 aliphatic carbocycles. The smallest absolute Gasteiger partial charge is 0.00992 e. The topological polar surface area (TPSA) is 3.24 Å². The van der Waals surface area contributed by atoms with Gasteiger partial charge in [0.2, 0.25) is 0 Å². The van der Waals surface area contributed by atoms with Crippen LogP contribution in [0.5, 0.6) is 0 Å². The molecule has 0 heterocycles. The average molecular weight is 125 g/mol. The molecule has 0 aromatic heterocycles. The summed E-state index contributed by atoms with van der Waals surface area (Å²) in [7, 11) is 0. The molecule has 2 fully saturated rings. The predicted molar refractivity (Wildman–Crippen MR) is 38.4 cm³/mol. The Balaban J connectivity index is 1.85. The van der Waals surface area contributed by atoms with Crippen LogP contribution in [0.2, 0.25) is 0 Å². The number of hydrogen-bond donors (Lipinski definition) is 0.